The predicted octanol–water partition coefficient (Wildman–Crippen LogP) is 2.15. The molecule has 0 aliphatic rings. The molecule has 0 aliphatic carbocycles. The van der Waals surface area contributed by atoms with E-state index in [-0.39, 0.29) is 0 Å². The van der Waals surface area contributed by atoms with E-state index in [9.17, 15) is 0 Å². The lowest BCUT2D eigenvalue weighted by atomic mass is 10.4. The van der Waals surface area contributed by atoms with Crippen LogP contribution in [0.2, 0.25) is 0 Å². The molecule has 0 nitrogen and oxygen atoms in total. The monoisotopic (exact) mass is 154 g/mol. The van der Waals surface area contributed by atoms with Gasteiger partial charge in [-0.25, -0.2) is 0 Å². The van der Waals surface area contributed by atoms with Gasteiger partial charge in [-0.1, -0.05) is 30.1 Å². The van der Waals surface area contributed by atoms with Gasteiger partial charge in [-0.05, 0) is 43.6 Å². The number of rotatable bonds is 1. The first-order valence-electron chi connectivity index (χ1n) is 3.62. The number of allylic oxidation sites excluding steroid dienone is 4. The molecule has 0 amide bonds. The molecule has 0 rings (SSSR count). The van der Waals surface area contributed by atoms with Gasteiger partial charge >= 0.3 is 0 Å². The van der Waals surface area contributed by atoms with Crippen molar-refractivity contribution >= 4 is 0 Å². The minimum Gasteiger partial charge on any atom is -0.0925 e. The second-order valence-electron chi connectivity index (χ2n) is 1.78. The molecule has 0 spiro atoms. The molecule has 0 aromatic rings. The SMILES string of the molecule is CC#CC#CC#CC=CC=CC. The van der Waals surface area contributed by atoms with Crippen LogP contribution < -0.4 is 0 Å². The Morgan fingerprint density at radius 3 is 2.33 bits per heavy atom. The summed E-state index contributed by atoms with van der Waals surface area (Å²) in [5.41, 5.74) is 0. The van der Waals surface area contributed by atoms with Crippen LogP contribution in [0.5, 0.6) is 0 Å². The molecule has 0 N–H and O–H groups in total. The molecular weight excluding hydrogens is 144 g/mol. The third kappa shape index (κ3) is 8.16. The van der Waals surface area contributed by atoms with E-state index >= 15 is 0 Å². The van der Waals surface area contributed by atoms with Gasteiger partial charge in [0.25, 0.3) is 0 Å². The van der Waals surface area contributed by atoms with Crippen LogP contribution in [0.3, 0.4) is 0 Å². The maximum Gasteiger partial charge on any atom is -0.000709 e. The molecule has 0 aromatic carbocycles. The molecular formula is C12H10. The van der Waals surface area contributed by atoms with Crippen molar-refractivity contribution in [2.45, 2.75) is 13.8 Å². The van der Waals surface area contributed by atoms with Crippen LogP contribution in [0.25, 0.3) is 0 Å². The van der Waals surface area contributed by atoms with E-state index in [1.165, 1.54) is 0 Å². The Bertz CT molecular complexity index is 335. The van der Waals surface area contributed by atoms with Gasteiger partial charge in [0.1, 0.15) is 0 Å². The van der Waals surface area contributed by atoms with E-state index in [2.05, 4.69) is 35.5 Å². The summed E-state index contributed by atoms with van der Waals surface area (Å²) >= 11 is 0. The molecule has 0 heteroatoms. The lowest BCUT2D eigenvalue weighted by Gasteiger charge is -1.64. The summed E-state index contributed by atoms with van der Waals surface area (Å²) in [4.78, 5) is 0. The number of hydrogen-bond donors (Lipinski definition) is 0. The predicted molar refractivity (Wildman–Crippen MR) is 53.0 cm³/mol. The van der Waals surface area contributed by atoms with Gasteiger partial charge in [-0.15, -0.1) is 0 Å². The number of hydrogen-bond acceptors (Lipinski definition) is 0. The Labute approximate surface area is 74.4 Å². The first-order chi connectivity index (χ1) is 5.91. The third-order valence-corrected chi connectivity index (χ3v) is 0.868. The summed E-state index contributed by atoms with van der Waals surface area (Å²) in [6, 6.07) is 0. The summed E-state index contributed by atoms with van der Waals surface area (Å²) in [6.07, 6.45) is 7.45. The van der Waals surface area contributed by atoms with Crippen molar-refractivity contribution in [2.75, 3.05) is 0 Å². The van der Waals surface area contributed by atoms with Crippen molar-refractivity contribution in [3.05, 3.63) is 24.3 Å². The summed E-state index contributed by atoms with van der Waals surface area (Å²) in [6.45, 7) is 3.70. The van der Waals surface area contributed by atoms with Crippen molar-refractivity contribution < 1.29 is 0 Å². The molecule has 0 aromatic heterocycles. The third-order valence-electron chi connectivity index (χ3n) is 0.868. The van der Waals surface area contributed by atoms with Gasteiger partial charge in [0, 0.05) is 0 Å². The quantitative estimate of drug-likeness (QED) is 0.401. The summed E-state index contributed by atoms with van der Waals surface area (Å²) < 4.78 is 0. The van der Waals surface area contributed by atoms with Gasteiger partial charge in [0.15, 0.2) is 0 Å². The van der Waals surface area contributed by atoms with E-state index < -0.39 is 0 Å². The van der Waals surface area contributed by atoms with Crippen molar-refractivity contribution in [2.24, 2.45) is 0 Å². The molecule has 0 atom stereocenters. The Morgan fingerprint density at radius 1 is 0.917 bits per heavy atom. The fourth-order valence-electron chi connectivity index (χ4n) is 0.418. The average Bonchev–Trinajstić information content (AvgIpc) is 2.10. The highest BCUT2D eigenvalue weighted by Gasteiger charge is 1.57. The Morgan fingerprint density at radius 2 is 1.67 bits per heavy atom. The van der Waals surface area contributed by atoms with Gasteiger partial charge in [0.05, 0.1) is 0 Å². The highest BCUT2D eigenvalue weighted by atomic mass is 13.6. The standard InChI is InChI=1S/C12H10/c1-3-5-7-9-11-12-10-8-6-4-2/h3,5,7,9H,1-2H3. The van der Waals surface area contributed by atoms with Crippen LogP contribution >= 0.6 is 0 Å². The Kier molecular flexibility index (Phi) is 7.76. The molecule has 58 valence electrons. The smallest absolute Gasteiger partial charge is 0.000709 e. The van der Waals surface area contributed by atoms with E-state index in [0.29, 0.717) is 0 Å². The molecule has 0 fully saturated rings. The van der Waals surface area contributed by atoms with Gasteiger partial charge < -0.3 is 0 Å². The molecule has 0 saturated heterocycles. The molecule has 0 aliphatic heterocycles. The summed E-state index contributed by atoms with van der Waals surface area (Å²) in [7, 11) is 0. The van der Waals surface area contributed by atoms with Crippen LogP contribution in [-0.2, 0) is 0 Å². The second-order valence-corrected chi connectivity index (χ2v) is 1.78. The van der Waals surface area contributed by atoms with Crippen molar-refractivity contribution in [3.63, 3.8) is 0 Å². The fourth-order valence-corrected chi connectivity index (χ4v) is 0.418. The van der Waals surface area contributed by atoms with Gasteiger partial charge in [-0.2, -0.15) is 0 Å². The van der Waals surface area contributed by atoms with E-state index in [0.717, 1.165) is 0 Å². The highest BCUT2D eigenvalue weighted by molar-refractivity contribution is 5.37. The molecule has 0 saturated carbocycles. The van der Waals surface area contributed by atoms with Crippen molar-refractivity contribution in [1.29, 1.82) is 0 Å². The van der Waals surface area contributed by atoms with Crippen LogP contribution in [0.1, 0.15) is 13.8 Å². The minimum atomic E-state index is 1.74. The van der Waals surface area contributed by atoms with E-state index in [4.69, 9.17) is 0 Å². The van der Waals surface area contributed by atoms with E-state index in [1.807, 2.05) is 25.2 Å². The zero-order valence-electron chi connectivity index (χ0n) is 7.31. The zero-order valence-corrected chi connectivity index (χ0v) is 7.31. The second kappa shape index (κ2) is 9.16. The largest absolute Gasteiger partial charge is 0.0925 e. The summed E-state index contributed by atoms with van der Waals surface area (Å²) in [5.74, 6) is 15.9. The Balaban J connectivity index is 3.90. The van der Waals surface area contributed by atoms with Gasteiger partial charge in [0.2, 0.25) is 0 Å². The van der Waals surface area contributed by atoms with Crippen LogP contribution in [0.4, 0.5) is 0 Å². The van der Waals surface area contributed by atoms with Crippen LogP contribution in [-0.4, -0.2) is 0 Å². The first kappa shape index (κ1) is 10.2. The first-order valence-corrected chi connectivity index (χ1v) is 3.62. The zero-order chi connectivity index (χ0) is 9.07. The summed E-state index contributed by atoms with van der Waals surface area (Å²) in [5, 5.41) is 0. The molecule has 0 radical (unpaired) electrons. The minimum absolute atomic E-state index is 1.74. The normalized spacial score (nSPS) is 7.83. The van der Waals surface area contributed by atoms with Crippen molar-refractivity contribution in [3.8, 4) is 35.5 Å². The molecule has 0 bridgehead atoms. The molecule has 0 unspecified atom stereocenters. The fraction of sp³-hybridized carbons (Fsp3) is 0.167. The van der Waals surface area contributed by atoms with Crippen LogP contribution in [0, 0.1) is 35.5 Å². The molecule has 0 heterocycles. The average molecular weight is 154 g/mol. The molecule has 12 heavy (non-hydrogen) atoms. The maximum atomic E-state index is 2.76. The lowest BCUT2D eigenvalue weighted by molar-refractivity contribution is 1.74. The van der Waals surface area contributed by atoms with Crippen LogP contribution in [0.15, 0.2) is 24.3 Å². The van der Waals surface area contributed by atoms with Crippen molar-refractivity contribution in [1.82, 2.24) is 0 Å². The lowest BCUT2D eigenvalue weighted by Crippen LogP contribution is -1.52. The Hall–Kier alpha value is -1.84. The highest BCUT2D eigenvalue weighted by Crippen LogP contribution is 1.73. The van der Waals surface area contributed by atoms with E-state index in [1.54, 1.807) is 13.0 Å². The maximum absolute atomic E-state index is 2.76. The topological polar surface area (TPSA) is 0 Å². The van der Waals surface area contributed by atoms with Gasteiger partial charge in [-0.3, -0.25) is 0 Å².